The van der Waals surface area contributed by atoms with Crippen LogP contribution in [-0.2, 0) is 11.2 Å². The standard InChI is InChI=1S/C19H17N3O3/c23-19(24)16-10-15-18(21-11-20-15)17(22-16)12-5-4-8-14(9-12)25-13-6-2-1-3-7-13/h1-9,11,16-17,22H,10H2,(H,20,21)(H,23,24)/t16-,17-/m0/s1. The van der Waals surface area contributed by atoms with Crippen LogP contribution in [0.3, 0.4) is 0 Å². The number of nitrogens with zero attached hydrogens (tertiary/aromatic N) is 1. The smallest absolute Gasteiger partial charge is 0.321 e. The van der Waals surface area contributed by atoms with Gasteiger partial charge in [-0.3, -0.25) is 10.1 Å². The minimum Gasteiger partial charge on any atom is -0.480 e. The molecule has 0 aliphatic carbocycles. The predicted octanol–water partition coefficient (Wildman–Crippen LogP) is 2.89. The first kappa shape index (κ1) is 15.4. The van der Waals surface area contributed by atoms with Gasteiger partial charge >= 0.3 is 5.97 Å². The molecule has 2 atom stereocenters. The number of hydrogen-bond donors (Lipinski definition) is 3. The van der Waals surface area contributed by atoms with Crippen molar-refractivity contribution in [2.75, 3.05) is 0 Å². The third kappa shape index (κ3) is 3.12. The average molecular weight is 335 g/mol. The number of H-pyrrole nitrogens is 1. The number of hydrogen-bond acceptors (Lipinski definition) is 4. The van der Waals surface area contributed by atoms with Gasteiger partial charge in [0.25, 0.3) is 0 Å². The molecule has 3 aromatic rings. The summed E-state index contributed by atoms with van der Waals surface area (Å²) < 4.78 is 5.88. The van der Waals surface area contributed by atoms with Crippen molar-refractivity contribution in [1.82, 2.24) is 15.3 Å². The fourth-order valence-corrected chi connectivity index (χ4v) is 3.08. The number of rotatable bonds is 4. The molecule has 6 nitrogen and oxygen atoms in total. The number of fused-ring (bicyclic) bond motifs is 1. The zero-order valence-electron chi connectivity index (χ0n) is 13.3. The number of imidazole rings is 1. The van der Waals surface area contributed by atoms with E-state index in [1.165, 1.54) is 0 Å². The van der Waals surface area contributed by atoms with Crippen molar-refractivity contribution < 1.29 is 14.6 Å². The fraction of sp³-hybridized carbons (Fsp3) is 0.158. The van der Waals surface area contributed by atoms with Gasteiger partial charge in [-0.2, -0.15) is 0 Å². The molecule has 126 valence electrons. The molecular weight excluding hydrogens is 318 g/mol. The number of nitrogens with one attached hydrogen (secondary N) is 2. The molecule has 1 aliphatic heterocycles. The van der Waals surface area contributed by atoms with Gasteiger partial charge in [-0.1, -0.05) is 30.3 Å². The molecule has 2 aromatic carbocycles. The number of ether oxygens (including phenoxy) is 1. The Kier molecular flexibility index (Phi) is 3.95. The zero-order chi connectivity index (χ0) is 17.2. The van der Waals surface area contributed by atoms with Gasteiger partial charge < -0.3 is 14.8 Å². The summed E-state index contributed by atoms with van der Waals surface area (Å²) in [5, 5.41) is 12.6. The minimum atomic E-state index is -0.873. The second kappa shape index (κ2) is 6.41. The van der Waals surface area contributed by atoms with Crippen molar-refractivity contribution in [3.8, 4) is 11.5 Å². The van der Waals surface area contributed by atoms with E-state index < -0.39 is 12.0 Å². The summed E-state index contributed by atoms with van der Waals surface area (Å²) >= 11 is 0. The Bertz CT molecular complexity index is 892. The Labute approximate surface area is 144 Å². The van der Waals surface area contributed by atoms with E-state index in [1.807, 2.05) is 54.6 Å². The Morgan fingerprint density at radius 3 is 2.72 bits per heavy atom. The lowest BCUT2D eigenvalue weighted by atomic mass is 9.94. The Morgan fingerprint density at radius 2 is 1.92 bits per heavy atom. The third-order valence-electron chi connectivity index (χ3n) is 4.27. The van der Waals surface area contributed by atoms with E-state index in [2.05, 4.69) is 15.3 Å². The molecule has 0 unspecified atom stereocenters. The normalized spacial score (nSPS) is 19.2. The number of carbonyl (C=O) groups is 1. The maximum Gasteiger partial charge on any atom is 0.321 e. The highest BCUT2D eigenvalue weighted by Gasteiger charge is 2.33. The first-order valence-corrected chi connectivity index (χ1v) is 8.04. The second-order valence-electron chi connectivity index (χ2n) is 5.95. The molecule has 0 spiro atoms. The van der Waals surface area contributed by atoms with Crippen LogP contribution in [0.15, 0.2) is 60.9 Å². The molecule has 0 saturated heterocycles. The van der Waals surface area contributed by atoms with Crippen molar-refractivity contribution in [3.63, 3.8) is 0 Å². The Hall–Kier alpha value is -3.12. The van der Waals surface area contributed by atoms with Crippen molar-refractivity contribution in [2.45, 2.75) is 18.5 Å². The third-order valence-corrected chi connectivity index (χ3v) is 4.27. The monoisotopic (exact) mass is 335 g/mol. The average Bonchev–Trinajstić information content (AvgIpc) is 3.10. The first-order valence-electron chi connectivity index (χ1n) is 8.04. The molecule has 25 heavy (non-hydrogen) atoms. The largest absolute Gasteiger partial charge is 0.480 e. The maximum absolute atomic E-state index is 11.4. The van der Waals surface area contributed by atoms with Crippen LogP contribution < -0.4 is 10.1 Å². The number of aromatic nitrogens is 2. The first-order chi connectivity index (χ1) is 12.2. The quantitative estimate of drug-likeness (QED) is 0.682. The van der Waals surface area contributed by atoms with Crippen LogP contribution in [0.2, 0.25) is 0 Å². The number of benzene rings is 2. The van der Waals surface area contributed by atoms with Gasteiger partial charge in [0, 0.05) is 12.1 Å². The van der Waals surface area contributed by atoms with Gasteiger partial charge in [-0.05, 0) is 29.8 Å². The highest BCUT2D eigenvalue weighted by molar-refractivity contribution is 5.74. The molecule has 1 aromatic heterocycles. The zero-order valence-corrected chi connectivity index (χ0v) is 13.3. The number of carboxylic acids is 1. The van der Waals surface area contributed by atoms with Gasteiger partial charge in [0.15, 0.2) is 0 Å². The van der Waals surface area contributed by atoms with E-state index in [0.717, 1.165) is 22.7 Å². The van der Waals surface area contributed by atoms with E-state index in [0.29, 0.717) is 12.2 Å². The SMILES string of the molecule is O=C(O)[C@@H]1Cc2[nH]cnc2[C@H](c2cccc(Oc3ccccc3)c2)N1. The number of aromatic amines is 1. The summed E-state index contributed by atoms with van der Waals surface area (Å²) in [7, 11) is 0. The second-order valence-corrected chi connectivity index (χ2v) is 5.95. The van der Waals surface area contributed by atoms with E-state index in [1.54, 1.807) is 6.33 Å². The molecule has 2 heterocycles. The topological polar surface area (TPSA) is 87.2 Å². The highest BCUT2D eigenvalue weighted by atomic mass is 16.5. The highest BCUT2D eigenvalue weighted by Crippen LogP contribution is 2.31. The number of carboxylic acid groups (broad SMARTS) is 1. The fourth-order valence-electron chi connectivity index (χ4n) is 3.08. The van der Waals surface area contributed by atoms with Crippen molar-refractivity contribution in [3.05, 3.63) is 77.9 Å². The van der Waals surface area contributed by atoms with Crippen molar-refractivity contribution in [1.29, 1.82) is 0 Å². The van der Waals surface area contributed by atoms with Crippen LogP contribution in [0.25, 0.3) is 0 Å². The van der Waals surface area contributed by atoms with Gasteiger partial charge in [0.05, 0.1) is 18.1 Å². The molecule has 0 amide bonds. The van der Waals surface area contributed by atoms with Crippen molar-refractivity contribution >= 4 is 5.97 Å². The van der Waals surface area contributed by atoms with Gasteiger partial charge in [0.2, 0.25) is 0 Å². The van der Waals surface area contributed by atoms with Gasteiger partial charge in [-0.15, -0.1) is 0 Å². The molecule has 0 saturated carbocycles. The molecule has 0 bridgehead atoms. The van der Waals surface area contributed by atoms with E-state index in [4.69, 9.17) is 4.74 Å². The molecule has 6 heteroatoms. The van der Waals surface area contributed by atoms with Crippen LogP contribution in [0, 0.1) is 0 Å². The predicted molar refractivity (Wildman–Crippen MR) is 91.7 cm³/mol. The number of aliphatic carboxylic acids is 1. The summed E-state index contributed by atoms with van der Waals surface area (Å²) in [6.45, 7) is 0. The lowest BCUT2D eigenvalue weighted by Gasteiger charge is -2.28. The molecular formula is C19H17N3O3. The van der Waals surface area contributed by atoms with Crippen LogP contribution in [0.5, 0.6) is 11.5 Å². The summed E-state index contributed by atoms with van der Waals surface area (Å²) in [5.74, 6) is 0.571. The van der Waals surface area contributed by atoms with E-state index in [-0.39, 0.29) is 6.04 Å². The Morgan fingerprint density at radius 1 is 1.12 bits per heavy atom. The van der Waals surface area contributed by atoms with Crippen LogP contribution in [-0.4, -0.2) is 27.1 Å². The Balaban J connectivity index is 1.65. The molecule has 4 rings (SSSR count). The maximum atomic E-state index is 11.4. The molecule has 1 aliphatic rings. The van der Waals surface area contributed by atoms with Crippen LogP contribution in [0.1, 0.15) is 23.0 Å². The van der Waals surface area contributed by atoms with Gasteiger partial charge in [0.1, 0.15) is 17.5 Å². The minimum absolute atomic E-state index is 0.296. The number of para-hydroxylation sites is 1. The summed E-state index contributed by atoms with van der Waals surface area (Å²) in [6, 6.07) is 16.2. The van der Waals surface area contributed by atoms with E-state index >= 15 is 0 Å². The summed E-state index contributed by atoms with van der Waals surface area (Å²) in [4.78, 5) is 18.9. The van der Waals surface area contributed by atoms with Gasteiger partial charge in [-0.25, -0.2) is 4.98 Å². The van der Waals surface area contributed by atoms with Crippen molar-refractivity contribution in [2.24, 2.45) is 0 Å². The lowest BCUT2D eigenvalue weighted by molar-refractivity contribution is -0.139. The van der Waals surface area contributed by atoms with Crippen LogP contribution >= 0.6 is 0 Å². The summed E-state index contributed by atoms with van der Waals surface area (Å²) in [6.07, 6.45) is 2.00. The molecule has 3 N–H and O–H groups in total. The molecule has 0 radical (unpaired) electrons. The van der Waals surface area contributed by atoms with E-state index in [9.17, 15) is 9.90 Å². The lowest BCUT2D eigenvalue weighted by Crippen LogP contribution is -2.45. The molecule has 0 fully saturated rings. The van der Waals surface area contributed by atoms with Crippen LogP contribution in [0.4, 0.5) is 0 Å². The summed E-state index contributed by atoms with van der Waals surface area (Å²) in [5.41, 5.74) is 2.59.